The van der Waals surface area contributed by atoms with E-state index in [0.717, 1.165) is 32.5 Å². The number of nitrogens with zero attached hydrogens (tertiary/aromatic N) is 3. The van der Waals surface area contributed by atoms with Crippen LogP contribution in [0.1, 0.15) is 44.9 Å². The van der Waals surface area contributed by atoms with Crippen molar-refractivity contribution in [2.24, 2.45) is 0 Å². The van der Waals surface area contributed by atoms with E-state index in [0.29, 0.717) is 18.5 Å². The lowest BCUT2D eigenvalue weighted by Crippen LogP contribution is -2.38. The summed E-state index contributed by atoms with van der Waals surface area (Å²) in [5.41, 5.74) is 0. The van der Waals surface area contributed by atoms with E-state index < -0.39 is 0 Å². The fraction of sp³-hybridized carbons (Fsp3) is 0.750. The van der Waals surface area contributed by atoms with Crippen LogP contribution in [0.15, 0.2) is 18.5 Å². The molecular weight excluding hydrogens is 264 g/mol. The molecule has 1 saturated heterocycles. The normalized spacial score (nSPS) is 23.7. The first-order chi connectivity index (χ1) is 10.3. The first kappa shape index (κ1) is 14.6. The van der Waals surface area contributed by atoms with Crippen molar-refractivity contribution < 1.29 is 4.79 Å². The molecule has 1 amide bonds. The Labute approximate surface area is 126 Å². The third-order valence-electron chi connectivity index (χ3n) is 4.80. The molecule has 2 fully saturated rings. The Morgan fingerprint density at radius 2 is 2.10 bits per heavy atom. The average molecular weight is 290 g/mol. The minimum Gasteiger partial charge on any atom is -0.353 e. The Bertz CT molecular complexity index is 439. The van der Waals surface area contributed by atoms with Crippen molar-refractivity contribution in [2.75, 3.05) is 13.1 Å². The van der Waals surface area contributed by atoms with E-state index in [9.17, 15) is 4.79 Å². The Morgan fingerprint density at radius 1 is 1.24 bits per heavy atom. The van der Waals surface area contributed by atoms with Crippen LogP contribution in [0.2, 0.25) is 0 Å². The molecule has 2 aliphatic rings. The maximum absolute atomic E-state index is 12.0. The summed E-state index contributed by atoms with van der Waals surface area (Å²) in [4.78, 5) is 14.5. The summed E-state index contributed by atoms with van der Waals surface area (Å²) in [7, 11) is 0. The molecule has 1 atom stereocenters. The van der Waals surface area contributed by atoms with Gasteiger partial charge in [-0.2, -0.15) is 5.10 Å². The van der Waals surface area contributed by atoms with Crippen molar-refractivity contribution in [1.29, 1.82) is 0 Å². The molecule has 2 heterocycles. The summed E-state index contributed by atoms with van der Waals surface area (Å²) in [6, 6.07) is 2.94. The lowest BCUT2D eigenvalue weighted by atomic mass is 10.2. The molecule has 116 valence electrons. The molecule has 5 heteroatoms. The van der Waals surface area contributed by atoms with Gasteiger partial charge >= 0.3 is 0 Å². The number of carbonyl (C=O) groups excluding carboxylic acids is 1. The molecule has 0 aromatic carbocycles. The van der Waals surface area contributed by atoms with Crippen LogP contribution in [0.5, 0.6) is 0 Å². The Kier molecular flexibility index (Phi) is 4.91. The van der Waals surface area contributed by atoms with Gasteiger partial charge in [-0.25, -0.2) is 0 Å². The summed E-state index contributed by atoms with van der Waals surface area (Å²) in [5.74, 6) is 0.228. The zero-order chi connectivity index (χ0) is 14.5. The van der Waals surface area contributed by atoms with Crippen molar-refractivity contribution in [3.05, 3.63) is 18.5 Å². The van der Waals surface area contributed by atoms with Crippen LogP contribution in [0, 0.1) is 0 Å². The zero-order valence-electron chi connectivity index (χ0n) is 12.7. The van der Waals surface area contributed by atoms with Crippen molar-refractivity contribution in [2.45, 2.75) is 63.6 Å². The monoisotopic (exact) mass is 290 g/mol. The minimum absolute atomic E-state index is 0.228. The maximum atomic E-state index is 12.0. The summed E-state index contributed by atoms with van der Waals surface area (Å²) in [6.45, 7) is 2.93. The first-order valence-corrected chi connectivity index (χ1v) is 8.32. The lowest BCUT2D eigenvalue weighted by molar-refractivity contribution is -0.122. The van der Waals surface area contributed by atoms with Crippen LogP contribution in [-0.4, -0.2) is 45.8 Å². The van der Waals surface area contributed by atoms with Crippen molar-refractivity contribution in [3.8, 4) is 0 Å². The van der Waals surface area contributed by atoms with Crippen LogP contribution in [0.3, 0.4) is 0 Å². The number of nitrogens with one attached hydrogen (secondary N) is 1. The molecule has 3 rings (SSSR count). The first-order valence-electron chi connectivity index (χ1n) is 8.32. The Hall–Kier alpha value is -1.36. The second-order valence-electron chi connectivity index (χ2n) is 6.36. The van der Waals surface area contributed by atoms with Crippen LogP contribution in [0.25, 0.3) is 0 Å². The molecule has 21 heavy (non-hydrogen) atoms. The molecule has 1 aliphatic carbocycles. The van der Waals surface area contributed by atoms with E-state index in [4.69, 9.17) is 0 Å². The van der Waals surface area contributed by atoms with Gasteiger partial charge in [0, 0.05) is 37.4 Å². The van der Waals surface area contributed by atoms with Gasteiger partial charge in [0.05, 0.1) is 6.54 Å². The molecule has 1 unspecified atom stereocenters. The van der Waals surface area contributed by atoms with Crippen LogP contribution < -0.4 is 5.32 Å². The molecule has 0 bridgehead atoms. The summed E-state index contributed by atoms with van der Waals surface area (Å²) in [6.07, 6.45) is 11.8. The highest BCUT2D eigenvalue weighted by atomic mass is 16.1. The third kappa shape index (κ3) is 4.06. The van der Waals surface area contributed by atoms with E-state index in [2.05, 4.69) is 15.3 Å². The van der Waals surface area contributed by atoms with Gasteiger partial charge < -0.3 is 5.32 Å². The van der Waals surface area contributed by atoms with Crippen molar-refractivity contribution >= 4 is 5.91 Å². The zero-order valence-corrected chi connectivity index (χ0v) is 12.7. The summed E-state index contributed by atoms with van der Waals surface area (Å²) in [5, 5.41) is 7.47. The standard InChI is InChI=1S/C16H26N4O/c21-16(18-14-5-1-2-6-14)8-12-19-10-3-7-15(19)13-20-11-4-9-17-20/h4,9,11,14-15H,1-3,5-8,10,12-13H2,(H,18,21). The summed E-state index contributed by atoms with van der Waals surface area (Å²) < 4.78 is 2.00. The van der Waals surface area contributed by atoms with Gasteiger partial charge in [0.2, 0.25) is 5.91 Å². The highest BCUT2D eigenvalue weighted by Gasteiger charge is 2.25. The minimum atomic E-state index is 0.228. The molecule has 1 N–H and O–H groups in total. The van der Waals surface area contributed by atoms with Gasteiger partial charge in [-0.15, -0.1) is 0 Å². The van der Waals surface area contributed by atoms with Crippen LogP contribution in [-0.2, 0) is 11.3 Å². The molecule has 0 spiro atoms. The molecule has 1 aliphatic heterocycles. The number of rotatable bonds is 6. The molecule has 1 aromatic rings. The highest BCUT2D eigenvalue weighted by Crippen LogP contribution is 2.20. The third-order valence-corrected chi connectivity index (χ3v) is 4.80. The van der Waals surface area contributed by atoms with Gasteiger partial charge in [-0.1, -0.05) is 12.8 Å². The average Bonchev–Trinajstić information content (AvgIpc) is 3.19. The number of likely N-dealkylation sites (tertiary alicyclic amines) is 1. The van der Waals surface area contributed by atoms with Gasteiger partial charge in [0.15, 0.2) is 0 Å². The van der Waals surface area contributed by atoms with Crippen LogP contribution in [0.4, 0.5) is 0 Å². The fourth-order valence-corrected chi connectivity index (χ4v) is 3.64. The van der Waals surface area contributed by atoms with Crippen LogP contribution >= 0.6 is 0 Å². The maximum Gasteiger partial charge on any atom is 0.221 e. The van der Waals surface area contributed by atoms with E-state index in [1.54, 1.807) is 0 Å². The van der Waals surface area contributed by atoms with Gasteiger partial charge in [-0.05, 0) is 38.3 Å². The van der Waals surface area contributed by atoms with E-state index in [1.165, 1.54) is 25.7 Å². The smallest absolute Gasteiger partial charge is 0.221 e. The van der Waals surface area contributed by atoms with E-state index >= 15 is 0 Å². The Balaban J connectivity index is 1.42. The van der Waals surface area contributed by atoms with Crippen molar-refractivity contribution in [3.63, 3.8) is 0 Å². The predicted molar refractivity (Wildman–Crippen MR) is 81.8 cm³/mol. The second kappa shape index (κ2) is 7.07. The topological polar surface area (TPSA) is 50.2 Å². The molecule has 5 nitrogen and oxygen atoms in total. The number of amides is 1. The van der Waals surface area contributed by atoms with E-state index in [-0.39, 0.29) is 5.91 Å². The van der Waals surface area contributed by atoms with Gasteiger partial charge in [0.1, 0.15) is 0 Å². The molecule has 1 saturated carbocycles. The fourth-order valence-electron chi connectivity index (χ4n) is 3.64. The molecular formula is C16H26N4O. The van der Waals surface area contributed by atoms with Crippen molar-refractivity contribution in [1.82, 2.24) is 20.0 Å². The number of carbonyl (C=O) groups is 1. The van der Waals surface area contributed by atoms with Gasteiger partial charge in [0.25, 0.3) is 0 Å². The molecule has 1 aromatic heterocycles. The second-order valence-corrected chi connectivity index (χ2v) is 6.36. The highest BCUT2D eigenvalue weighted by molar-refractivity contribution is 5.76. The van der Waals surface area contributed by atoms with E-state index in [1.807, 2.05) is 23.1 Å². The number of hydrogen-bond donors (Lipinski definition) is 1. The Morgan fingerprint density at radius 3 is 2.86 bits per heavy atom. The quantitative estimate of drug-likeness (QED) is 0.869. The number of aromatic nitrogens is 2. The SMILES string of the molecule is O=C(CCN1CCCC1Cn1cccn1)NC1CCCC1. The molecule has 0 radical (unpaired) electrons. The summed E-state index contributed by atoms with van der Waals surface area (Å²) >= 11 is 0. The largest absolute Gasteiger partial charge is 0.353 e. The number of hydrogen-bond acceptors (Lipinski definition) is 3. The van der Waals surface area contributed by atoms with Gasteiger partial charge in [-0.3, -0.25) is 14.4 Å². The predicted octanol–water partition coefficient (Wildman–Crippen LogP) is 1.80. The lowest BCUT2D eigenvalue weighted by Gasteiger charge is -2.24.